The number of aliphatic imine (C=N–C) groups is 1. The van der Waals surface area contributed by atoms with Crippen molar-refractivity contribution in [2.45, 2.75) is 20.3 Å². The van der Waals surface area contributed by atoms with Gasteiger partial charge >= 0.3 is 0 Å². The van der Waals surface area contributed by atoms with Crippen LogP contribution in [-0.2, 0) is 0 Å². The fourth-order valence-electron chi connectivity index (χ4n) is 0.467. The van der Waals surface area contributed by atoms with Crippen molar-refractivity contribution in [3.63, 3.8) is 0 Å². The Bertz CT molecular complexity index is 141. The van der Waals surface area contributed by atoms with Gasteiger partial charge in [0.25, 0.3) is 0 Å². The molecule has 58 valence electrons. The highest BCUT2D eigenvalue weighted by atomic mass is 35.5. The molecule has 0 saturated carbocycles. The molecule has 1 atom stereocenters. The smallest absolute Gasteiger partial charge is 0.127 e. The molecule has 0 aliphatic rings. The third-order valence-electron chi connectivity index (χ3n) is 1.26. The van der Waals surface area contributed by atoms with Gasteiger partial charge in [-0.3, -0.25) is 0 Å². The van der Waals surface area contributed by atoms with Gasteiger partial charge in [0.2, 0.25) is 0 Å². The van der Waals surface area contributed by atoms with Gasteiger partial charge in [-0.15, -0.1) is 0 Å². The molecule has 0 aromatic carbocycles. The lowest BCUT2D eigenvalue weighted by molar-refractivity contribution is 0.695. The summed E-state index contributed by atoms with van der Waals surface area (Å²) in [6.45, 7) is 4.17. The van der Waals surface area contributed by atoms with Crippen LogP contribution in [0.5, 0.6) is 0 Å². The molecule has 0 fully saturated rings. The second-order valence-corrected chi connectivity index (χ2v) is 2.54. The summed E-state index contributed by atoms with van der Waals surface area (Å²) in [4.78, 5) is 3.69. The van der Waals surface area contributed by atoms with Crippen LogP contribution in [-0.4, -0.2) is 6.34 Å². The highest BCUT2D eigenvalue weighted by molar-refractivity contribution is 6.29. The van der Waals surface area contributed by atoms with Crippen molar-refractivity contribution in [3.05, 3.63) is 11.2 Å². The largest absolute Gasteiger partial charge is 0.390 e. The number of hydrogen-bond donors (Lipinski definition) is 1. The molecule has 0 radical (unpaired) electrons. The van der Waals surface area contributed by atoms with Gasteiger partial charge in [-0.1, -0.05) is 25.4 Å². The first-order valence-corrected chi connectivity index (χ1v) is 3.70. The lowest BCUT2D eigenvalue weighted by atomic mass is 10.1. The molecular weight excluding hydrogens is 148 g/mol. The maximum absolute atomic E-state index is 5.64. The van der Waals surface area contributed by atoms with E-state index in [0.29, 0.717) is 11.1 Å². The normalized spacial score (nSPS) is 16.1. The third-order valence-corrected chi connectivity index (χ3v) is 1.49. The van der Waals surface area contributed by atoms with Crippen LogP contribution in [0.15, 0.2) is 16.2 Å². The van der Waals surface area contributed by atoms with Crippen molar-refractivity contribution in [3.8, 4) is 0 Å². The first-order valence-electron chi connectivity index (χ1n) is 3.32. The summed E-state index contributed by atoms with van der Waals surface area (Å²) in [5.41, 5.74) is 5.03. The lowest BCUT2D eigenvalue weighted by Gasteiger charge is -1.98. The Balaban J connectivity index is 3.89. The van der Waals surface area contributed by atoms with Crippen molar-refractivity contribution in [2.75, 3.05) is 0 Å². The Hall–Kier alpha value is -0.500. The summed E-state index contributed by atoms with van der Waals surface area (Å²) < 4.78 is 0. The predicted molar refractivity (Wildman–Crippen MR) is 46.1 cm³/mol. The van der Waals surface area contributed by atoms with Gasteiger partial charge in [-0.05, 0) is 18.4 Å². The monoisotopic (exact) mass is 160 g/mol. The van der Waals surface area contributed by atoms with Crippen LogP contribution in [0.2, 0.25) is 0 Å². The van der Waals surface area contributed by atoms with E-state index in [4.69, 9.17) is 17.3 Å². The molecule has 0 rings (SSSR count). The summed E-state index contributed by atoms with van der Waals surface area (Å²) in [5.74, 6) is 0.469. The Morgan fingerprint density at radius 1 is 1.80 bits per heavy atom. The first kappa shape index (κ1) is 9.50. The zero-order valence-electron chi connectivity index (χ0n) is 6.34. The van der Waals surface area contributed by atoms with E-state index in [-0.39, 0.29) is 0 Å². The quantitative estimate of drug-likeness (QED) is 0.383. The van der Waals surface area contributed by atoms with Crippen LogP contribution in [0.1, 0.15) is 20.3 Å². The molecule has 1 unspecified atom stereocenters. The van der Waals surface area contributed by atoms with Crippen LogP contribution in [0.3, 0.4) is 0 Å². The Morgan fingerprint density at radius 2 is 2.40 bits per heavy atom. The third kappa shape index (κ3) is 4.39. The molecule has 0 aromatic heterocycles. The van der Waals surface area contributed by atoms with Gasteiger partial charge < -0.3 is 5.73 Å². The molecule has 0 aliphatic carbocycles. The number of halogens is 1. The van der Waals surface area contributed by atoms with E-state index < -0.39 is 0 Å². The summed E-state index contributed by atoms with van der Waals surface area (Å²) in [6.07, 6.45) is 4.14. The van der Waals surface area contributed by atoms with Gasteiger partial charge in [0.1, 0.15) is 5.16 Å². The number of allylic oxidation sites excluding steroid dienone is 1. The summed E-state index contributed by atoms with van der Waals surface area (Å²) >= 11 is 5.64. The summed E-state index contributed by atoms with van der Waals surface area (Å²) in [6, 6.07) is 0. The number of nitrogens with two attached hydrogens (primary N) is 1. The van der Waals surface area contributed by atoms with E-state index in [1.165, 1.54) is 6.34 Å². The van der Waals surface area contributed by atoms with Crippen LogP contribution in [0, 0.1) is 5.92 Å². The molecule has 0 aromatic rings. The van der Waals surface area contributed by atoms with Gasteiger partial charge in [-0.2, -0.15) is 0 Å². The minimum absolute atomic E-state index is 0.469. The molecule has 0 amide bonds. The number of hydrogen-bond acceptors (Lipinski definition) is 1. The maximum atomic E-state index is 5.64. The Kier molecular flexibility index (Phi) is 5.03. The van der Waals surface area contributed by atoms with E-state index in [0.717, 1.165) is 6.42 Å². The highest BCUT2D eigenvalue weighted by Crippen LogP contribution is 2.10. The minimum atomic E-state index is 0.469. The molecule has 10 heavy (non-hydrogen) atoms. The average Bonchev–Trinajstić information content (AvgIpc) is 1.88. The van der Waals surface area contributed by atoms with Crippen LogP contribution < -0.4 is 5.73 Å². The van der Waals surface area contributed by atoms with Crippen LogP contribution in [0.25, 0.3) is 0 Å². The van der Waals surface area contributed by atoms with Crippen molar-refractivity contribution in [2.24, 2.45) is 16.6 Å². The standard InChI is InChI=1S/C7H13ClN2/c1-3-6(2)4-7(8)10-5-9/h4-6H,3H2,1-2H3,(H2,9,10)/b7-4+. The Morgan fingerprint density at radius 3 is 2.80 bits per heavy atom. The average molecular weight is 161 g/mol. The minimum Gasteiger partial charge on any atom is -0.390 e. The fraction of sp³-hybridized carbons (Fsp3) is 0.571. The predicted octanol–water partition coefficient (Wildman–Crippen LogP) is 2.10. The number of nitrogens with zero attached hydrogens (tertiary/aromatic N) is 1. The summed E-state index contributed by atoms with van der Waals surface area (Å²) in [7, 11) is 0. The topological polar surface area (TPSA) is 38.4 Å². The van der Waals surface area contributed by atoms with E-state index in [1.807, 2.05) is 6.08 Å². The lowest BCUT2D eigenvalue weighted by Crippen LogP contribution is -1.89. The molecule has 3 heteroatoms. The second-order valence-electron chi connectivity index (χ2n) is 2.15. The van der Waals surface area contributed by atoms with Gasteiger partial charge in [0.15, 0.2) is 0 Å². The van der Waals surface area contributed by atoms with Crippen molar-refractivity contribution in [1.82, 2.24) is 0 Å². The first-order chi connectivity index (χ1) is 4.70. The SMILES string of the molecule is CCC(C)/C=C(\Cl)N=CN. The van der Waals surface area contributed by atoms with E-state index in [1.54, 1.807) is 0 Å². The molecule has 2 nitrogen and oxygen atoms in total. The highest BCUT2D eigenvalue weighted by Gasteiger charge is 1.93. The zero-order chi connectivity index (χ0) is 7.98. The van der Waals surface area contributed by atoms with E-state index in [2.05, 4.69) is 18.8 Å². The molecule has 0 aliphatic heterocycles. The molecule has 0 bridgehead atoms. The fourth-order valence-corrected chi connectivity index (χ4v) is 0.738. The van der Waals surface area contributed by atoms with Gasteiger partial charge in [0.05, 0.1) is 6.34 Å². The number of rotatable bonds is 3. The molecule has 0 saturated heterocycles. The van der Waals surface area contributed by atoms with Gasteiger partial charge in [-0.25, -0.2) is 4.99 Å². The van der Waals surface area contributed by atoms with Crippen molar-refractivity contribution in [1.29, 1.82) is 0 Å². The van der Waals surface area contributed by atoms with Crippen LogP contribution in [0.4, 0.5) is 0 Å². The van der Waals surface area contributed by atoms with Crippen LogP contribution >= 0.6 is 11.6 Å². The molecule has 2 N–H and O–H groups in total. The molecule has 0 heterocycles. The van der Waals surface area contributed by atoms with Gasteiger partial charge in [0, 0.05) is 0 Å². The van der Waals surface area contributed by atoms with Crippen molar-refractivity contribution >= 4 is 17.9 Å². The maximum Gasteiger partial charge on any atom is 0.127 e. The molecular formula is C7H13ClN2. The van der Waals surface area contributed by atoms with E-state index >= 15 is 0 Å². The van der Waals surface area contributed by atoms with Crippen molar-refractivity contribution < 1.29 is 0 Å². The zero-order valence-corrected chi connectivity index (χ0v) is 7.10. The Labute approximate surface area is 66.8 Å². The van der Waals surface area contributed by atoms with E-state index in [9.17, 15) is 0 Å². The second kappa shape index (κ2) is 5.30. The summed E-state index contributed by atoms with van der Waals surface area (Å²) in [5, 5.41) is 0.469. The molecule has 0 spiro atoms.